The number of halogens is 1. The summed E-state index contributed by atoms with van der Waals surface area (Å²) < 4.78 is 27.0. The van der Waals surface area contributed by atoms with E-state index < -0.39 is 10.0 Å². The topological polar surface area (TPSA) is 37.4 Å². The van der Waals surface area contributed by atoms with Gasteiger partial charge in [-0.2, -0.15) is 4.31 Å². The van der Waals surface area contributed by atoms with E-state index in [-0.39, 0.29) is 5.25 Å². The lowest BCUT2D eigenvalue weighted by molar-refractivity contribution is 0.224. The molecule has 2 rings (SSSR count). The molecule has 0 heterocycles. The lowest BCUT2D eigenvalue weighted by Crippen LogP contribution is -2.49. The highest BCUT2D eigenvalue weighted by Crippen LogP contribution is 2.32. The number of hydrogen-bond acceptors (Lipinski definition) is 2. The summed E-state index contributed by atoms with van der Waals surface area (Å²) in [5.74, 6) is 0. The molecule has 0 bridgehead atoms. The van der Waals surface area contributed by atoms with Crippen molar-refractivity contribution in [3.63, 3.8) is 0 Å². The first-order valence-electron chi connectivity index (χ1n) is 6.73. The second-order valence-corrected chi connectivity index (χ2v) is 8.15. The van der Waals surface area contributed by atoms with Gasteiger partial charge in [-0.25, -0.2) is 8.42 Å². The molecule has 2 aliphatic rings. The maximum atomic E-state index is 12.6. The SMILES string of the molecule is O=S(=O)(C1CCCCC1)N(CCBr)C1CCC1. The van der Waals surface area contributed by atoms with E-state index in [9.17, 15) is 8.42 Å². The molecule has 17 heavy (non-hydrogen) atoms. The average Bonchev–Trinajstić information content (AvgIpc) is 2.27. The van der Waals surface area contributed by atoms with Crippen molar-refractivity contribution >= 4 is 26.0 Å². The lowest BCUT2D eigenvalue weighted by atomic mass is 9.93. The molecule has 0 aliphatic heterocycles. The molecule has 0 unspecified atom stereocenters. The Hall–Kier alpha value is 0.390. The predicted octanol–water partition coefficient (Wildman–Crippen LogP) is 2.90. The van der Waals surface area contributed by atoms with Crippen molar-refractivity contribution in [2.75, 3.05) is 11.9 Å². The minimum atomic E-state index is -3.04. The summed E-state index contributed by atoms with van der Waals surface area (Å²) in [5, 5.41) is 0.644. The molecule has 0 amide bonds. The molecule has 3 nitrogen and oxygen atoms in total. The van der Waals surface area contributed by atoms with Gasteiger partial charge in [0.15, 0.2) is 0 Å². The van der Waals surface area contributed by atoms with Gasteiger partial charge in [-0.15, -0.1) is 0 Å². The molecule has 0 atom stereocenters. The first-order valence-corrected chi connectivity index (χ1v) is 9.35. The van der Waals surface area contributed by atoms with Crippen LogP contribution in [0.25, 0.3) is 0 Å². The molecule has 5 heteroatoms. The number of sulfonamides is 1. The third-order valence-corrected chi connectivity index (χ3v) is 6.89. The van der Waals surface area contributed by atoms with Gasteiger partial charge in [0.25, 0.3) is 0 Å². The highest BCUT2D eigenvalue weighted by molar-refractivity contribution is 9.09. The van der Waals surface area contributed by atoms with E-state index in [4.69, 9.17) is 0 Å². The number of nitrogens with zero attached hydrogens (tertiary/aromatic N) is 1. The Morgan fingerprint density at radius 3 is 2.12 bits per heavy atom. The van der Waals surface area contributed by atoms with E-state index in [1.54, 1.807) is 4.31 Å². The van der Waals surface area contributed by atoms with Crippen molar-refractivity contribution in [3.8, 4) is 0 Å². The second-order valence-electron chi connectivity index (χ2n) is 5.19. The van der Waals surface area contributed by atoms with Crippen LogP contribution in [0.15, 0.2) is 0 Å². The maximum Gasteiger partial charge on any atom is 0.217 e. The largest absolute Gasteiger partial charge is 0.217 e. The molecular formula is C12H22BrNO2S. The molecule has 0 aromatic carbocycles. The van der Waals surface area contributed by atoms with Gasteiger partial charge in [0.05, 0.1) is 5.25 Å². The van der Waals surface area contributed by atoms with Crippen LogP contribution in [0.5, 0.6) is 0 Å². The summed E-state index contributed by atoms with van der Waals surface area (Å²) >= 11 is 3.38. The van der Waals surface area contributed by atoms with Crippen LogP contribution in [-0.4, -0.2) is 35.9 Å². The lowest BCUT2D eigenvalue weighted by Gasteiger charge is -2.39. The number of alkyl halides is 1. The zero-order chi connectivity index (χ0) is 12.3. The van der Waals surface area contributed by atoms with Crippen LogP contribution in [0.2, 0.25) is 0 Å². The quantitative estimate of drug-likeness (QED) is 0.729. The monoisotopic (exact) mass is 323 g/mol. The van der Waals surface area contributed by atoms with Crippen LogP contribution in [0.4, 0.5) is 0 Å². The van der Waals surface area contributed by atoms with Crippen molar-refractivity contribution in [1.82, 2.24) is 4.31 Å². The van der Waals surface area contributed by atoms with Crippen LogP contribution in [0.3, 0.4) is 0 Å². The molecule has 2 saturated carbocycles. The number of rotatable bonds is 5. The van der Waals surface area contributed by atoms with Crippen molar-refractivity contribution in [3.05, 3.63) is 0 Å². The van der Waals surface area contributed by atoms with Crippen molar-refractivity contribution in [2.24, 2.45) is 0 Å². The minimum Gasteiger partial charge on any atom is -0.212 e. The molecule has 0 aromatic rings. The standard InChI is InChI=1S/C12H22BrNO2S/c13-9-10-14(11-5-4-6-11)17(15,16)12-7-2-1-3-8-12/h11-12H,1-10H2. The fourth-order valence-corrected chi connectivity index (χ4v) is 5.73. The van der Waals surface area contributed by atoms with Gasteiger partial charge < -0.3 is 0 Å². The maximum absolute atomic E-state index is 12.6. The zero-order valence-corrected chi connectivity index (χ0v) is 12.7. The first kappa shape index (κ1) is 13.8. The predicted molar refractivity (Wildman–Crippen MR) is 73.9 cm³/mol. The van der Waals surface area contributed by atoms with Crippen LogP contribution in [-0.2, 0) is 10.0 Å². The summed E-state index contributed by atoms with van der Waals surface area (Å²) in [6.45, 7) is 0.642. The van der Waals surface area contributed by atoms with Crippen molar-refractivity contribution in [1.29, 1.82) is 0 Å². The van der Waals surface area contributed by atoms with E-state index in [0.717, 1.165) is 43.9 Å². The fraction of sp³-hybridized carbons (Fsp3) is 1.00. The Bertz CT molecular complexity index is 334. The Balaban J connectivity index is 2.08. The second kappa shape index (κ2) is 6.02. The van der Waals surface area contributed by atoms with Crippen molar-refractivity contribution < 1.29 is 8.42 Å². The zero-order valence-electron chi connectivity index (χ0n) is 10.3. The molecule has 2 fully saturated rings. The van der Waals surface area contributed by atoms with Gasteiger partial charge in [0.1, 0.15) is 0 Å². The van der Waals surface area contributed by atoms with Gasteiger partial charge in [0, 0.05) is 17.9 Å². The van der Waals surface area contributed by atoms with Crippen LogP contribution in [0, 0.1) is 0 Å². The normalized spacial score (nSPS) is 23.9. The van der Waals surface area contributed by atoms with Crippen molar-refractivity contribution in [2.45, 2.75) is 62.7 Å². The van der Waals surface area contributed by atoms with E-state index in [0.29, 0.717) is 12.6 Å². The fourth-order valence-electron chi connectivity index (χ4n) is 2.83. The molecular weight excluding hydrogens is 302 g/mol. The van der Waals surface area contributed by atoms with Gasteiger partial charge in [-0.1, -0.05) is 41.6 Å². The average molecular weight is 324 g/mol. The third-order valence-electron chi connectivity index (χ3n) is 4.09. The summed E-state index contributed by atoms with van der Waals surface area (Å²) in [4.78, 5) is 0. The molecule has 0 spiro atoms. The molecule has 0 N–H and O–H groups in total. The molecule has 100 valence electrons. The molecule has 0 saturated heterocycles. The Morgan fingerprint density at radius 1 is 1.00 bits per heavy atom. The molecule has 0 aromatic heterocycles. The smallest absolute Gasteiger partial charge is 0.212 e. The van der Waals surface area contributed by atoms with Gasteiger partial charge in [-0.05, 0) is 25.7 Å². The Kier molecular flexibility index (Phi) is 4.89. The molecule has 2 aliphatic carbocycles. The molecule has 0 radical (unpaired) electrons. The minimum absolute atomic E-state index is 0.101. The van der Waals surface area contributed by atoms with E-state index in [1.165, 1.54) is 12.8 Å². The first-order chi connectivity index (χ1) is 8.16. The highest BCUT2D eigenvalue weighted by atomic mass is 79.9. The van der Waals surface area contributed by atoms with Gasteiger partial charge in [0.2, 0.25) is 10.0 Å². The summed E-state index contributed by atoms with van der Waals surface area (Å²) in [6, 6.07) is 0.291. The van der Waals surface area contributed by atoms with Gasteiger partial charge in [-0.3, -0.25) is 0 Å². The summed E-state index contributed by atoms with van der Waals surface area (Å²) in [5.41, 5.74) is 0. The van der Waals surface area contributed by atoms with Crippen LogP contribution >= 0.6 is 15.9 Å². The third kappa shape index (κ3) is 3.04. The Morgan fingerprint density at radius 2 is 1.65 bits per heavy atom. The van der Waals surface area contributed by atoms with E-state index in [2.05, 4.69) is 15.9 Å². The van der Waals surface area contributed by atoms with Gasteiger partial charge >= 0.3 is 0 Å². The van der Waals surface area contributed by atoms with E-state index in [1.807, 2.05) is 0 Å². The summed E-state index contributed by atoms with van der Waals surface area (Å²) in [7, 11) is -3.04. The highest BCUT2D eigenvalue weighted by Gasteiger charge is 2.38. The van der Waals surface area contributed by atoms with Crippen LogP contribution < -0.4 is 0 Å². The Labute approximate surface area is 113 Å². The summed E-state index contributed by atoms with van der Waals surface area (Å²) in [6.07, 6.45) is 8.39. The van der Waals surface area contributed by atoms with E-state index >= 15 is 0 Å². The number of hydrogen-bond donors (Lipinski definition) is 0. The van der Waals surface area contributed by atoms with Crippen LogP contribution in [0.1, 0.15) is 51.4 Å².